The topological polar surface area (TPSA) is 56.2 Å². The number of hydrogen-bond acceptors (Lipinski definition) is 3. The van der Waals surface area contributed by atoms with Crippen LogP contribution >= 0.6 is 0 Å². The van der Waals surface area contributed by atoms with E-state index >= 15 is 0 Å². The molecule has 0 atom stereocenters. The molecule has 4 aromatic rings. The number of aryl methyl sites for hydroxylation is 1. The van der Waals surface area contributed by atoms with E-state index in [0.717, 1.165) is 11.3 Å². The van der Waals surface area contributed by atoms with Gasteiger partial charge in [0.25, 0.3) is 0 Å². The number of benzene rings is 3. The molecule has 0 spiro atoms. The molecule has 0 radical (unpaired) electrons. The van der Waals surface area contributed by atoms with Gasteiger partial charge in [0, 0.05) is 0 Å². The van der Waals surface area contributed by atoms with Crippen LogP contribution in [0.2, 0.25) is 0 Å². The fourth-order valence-electron chi connectivity index (χ4n) is 2.95. The second kappa shape index (κ2) is 6.24. The van der Waals surface area contributed by atoms with Gasteiger partial charge in [-0.2, -0.15) is 5.10 Å². The highest BCUT2D eigenvalue weighted by atomic mass is 15.4. The van der Waals surface area contributed by atoms with Crippen molar-refractivity contribution in [3.05, 3.63) is 84.2 Å². The van der Waals surface area contributed by atoms with Crippen molar-refractivity contribution < 1.29 is 0 Å². The minimum atomic E-state index is 0.390. The van der Waals surface area contributed by atoms with Gasteiger partial charge in [0.2, 0.25) is 5.95 Å². The Hall–Kier alpha value is -3.40. The second-order valence-corrected chi connectivity index (χ2v) is 5.98. The van der Waals surface area contributed by atoms with E-state index in [1.54, 1.807) is 17.1 Å². The van der Waals surface area contributed by atoms with E-state index in [-0.39, 0.29) is 0 Å². The molecule has 1 heterocycles. The number of rotatable bonds is 3. The molecule has 1 aromatic heterocycles. The van der Waals surface area contributed by atoms with E-state index in [2.05, 4.69) is 76.8 Å². The molecule has 4 rings (SSSR count). The standard InChI is InChI=1S/C21H18N4/c1-15-14-25(21(22)24-15)23-13-16-9-11-18(12-10-16)20-8-4-6-17-5-2-3-7-19(17)20/h2-14H,1H3,(H2,22,24). The summed E-state index contributed by atoms with van der Waals surface area (Å²) < 4.78 is 1.58. The Bertz CT molecular complexity index is 1050. The minimum Gasteiger partial charge on any atom is -0.368 e. The fraction of sp³-hybridized carbons (Fsp3) is 0.0476. The van der Waals surface area contributed by atoms with Crippen LogP contribution in [0.25, 0.3) is 21.9 Å². The lowest BCUT2D eigenvalue weighted by Crippen LogP contribution is -1.96. The Morgan fingerprint density at radius 3 is 2.48 bits per heavy atom. The van der Waals surface area contributed by atoms with Crippen molar-refractivity contribution in [1.82, 2.24) is 9.66 Å². The summed E-state index contributed by atoms with van der Waals surface area (Å²) in [5.41, 5.74) is 10.1. The SMILES string of the molecule is Cc1cn(N=Cc2ccc(-c3cccc4ccccc34)cc2)c(N)n1. The summed E-state index contributed by atoms with van der Waals surface area (Å²) in [6, 6.07) is 23.2. The van der Waals surface area contributed by atoms with Crippen molar-refractivity contribution in [3.8, 4) is 11.1 Å². The Morgan fingerprint density at radius 1 is 0.960 bits per heavy atom. The number of fused-ring (bicyclic) bond motifs is 1. The Kier molecular flexibility index (Phi) is 3.78. The van der Waals surface area contributed by atoms with E-state index in [1.807, 2.05) is 6.92 Å². The van der Waals surface area contributed by atoms with E-state index in [1.165, 1.54) is 21.9 Å². The minimum absolute atomic E-state index is 0.390. The summed E-state index contributed by atoms with van der Waals surface area (Å²) in [4.78, 5) is 4.13. The van der Waals surface area contributed by atoms with Crippen LogP contribution in [-0.2, 0) is 0 Å². The number of hydrogen-bond donors (Lipinski definition) is 1. The molecule has 4 heteroatoms. The molecule has 3 aromatic carbocycles. The van der Waals surface area contributed by atoms with Gasteiger partial charge in [0.05, 0.1) is 18.1 Å². The van der Waals surface area contributed by atoms with Crippen LogP contribution in [0.5, 0.6) is 0 Å². The van der Waals surface area contributed by atoms with Gasteiger partial charge >= 0.3 is 0 Å². The highest BCUT2D eigenvalue weighted by Gasteiger charge is 2.03. The lowest BCUT2D eigenvalue weighted by molar-refractivity contribution is 0.897. The number of nitrogens with two attached hydrogens (primary N) is 1. The summed E-state index contributed by atoms with van der Waals surface area (Å²) in [5, 5.41) is 6.86. The predicted octanol–water partition coefficient (Wildman–Crippen LogP) is 4.48. The van der Waals surface area contributed by atoms with Crippen LogP contribution in [0, 0.1) is 6.92 Å². The molecule has 0 saturated heterocycles. The molecule has 4 nitrogen and oxygen atoms in total. The zero-order chi connectivity index (χ0) is 17.2. The lowest BCUT2D eigenvalue weighted by Gasteiger charge is -2.07. The van der Waals surface area contributed by atoms with Crippen LogP contribution in [-0.4, -0.2) is 15.9 Å². The summed E-state index contributed by atoms with van der Waals surface area (Å²) in [5.74, 6) is 0.390. The quantitative estimate of drug-likeness (QED) is 0.564. The van der Waals surface area contributed by atoms with Gasteiger partial charge in [0.1, 0.15) is 0 Å². The van der Waals surface area contributed by atoms with E-state index < -0.39 is 0 Å². The van der Waals surface area contributed by atoms with Crippen molar-refractivity contribution in [1.29, 1.82) is 0 Å². The first-order valence-corrected chi connectivity index (χ1v) is 8.15. The molecule has 122 valence electrons. The summed E-state index contributed by atoms with van der Waals surface area (Å²) in [6.45, 7) is 1.89. The molecule has 0 aliphatic heterocycles. The van der Waals surface area contributed by atoms with Gasteiger partial charge in [-0.1, -0.05) is 66.7 Å². The van der Waals surface area contributed by atoms with E-state index in [4.69, 9.17) is 5.73 Å². The first-order valence-electron chi connectivity index (χ1n) is 8.15. The molecule has 25 heavy (non-hydrogen) atoms. The predicted molar refractivity (Wildman–Crippen MR) is 104 cm³/mol. The first kappa shape index (κ1) is 15.1. The van der Waals surface area contributed by atoms with Crippen LogP contribution < -0.4 is 5.73 Å². The maximum absolute atomic E-state index is 5.80. The van der Waals surface area contributed by atoms with Gasteiger partial charge in [-0.05, 0) is 34.4 Å². The molecule has 0 bridgehead atoms. The Balaban J connectivity index is 1.65. The molecule has 2 N–H and O–H groups in total. The lowest BCUT2D eigenvalue weighted by atomic mass is 9.98. The third kappa shape index (κ3) is 3.02. The molecule has 0 unspecified atom stereocenters. The smallest absolute Gasteiger partial charge is 0.221 e. The maximum atomic E-state index is 5.80. The molecule has 0 fully saturated rings. The largest absolute Gasteiger partial charge is 0.368 e. The first-order chi connectivity index (χ1) is 12.2. The summed E-state index contributed by atoms with van der Waals surface area (Å²) >= 11 is 0. The van der Waals surface area contributed by atoms with Gasteiger partial charge in [-0.3, -0.25) is 0 Å². The van der Waals surface area contributed by atoms with Crippen LogP contribution in [0.3, 0.4) is 0 Å². The van der Waals surface area contributed by atoms with Crippen molar-refractivity contribution in [2.75, 3.05) is 5.73 Å². The van der Waals surface area contributed by atoms with Crippen LogP contribution in [0.15, 0.2) is 78.0 Å². The third-order valence-corrected chi connectivity index (χ3v) is 4.18. The zero-order valence-corrected chi connectivity index (χ0v) is 13.9. The number of imidazole rings is 1. The van der Waals surface area contributed by atoms with E-state index in [9.17, 15) is 0 Å². The maximum Gasteiger partial charge on any atom is 0.221 e. The molecule has 0 amide bonds. The molecular formula is C21H18N4. The monoisotopic (exact) mass is 326 g/mol. The molecular weight excluding hydrogens is 308 g/mol. The molecule has 0 saturated carbocycles. The summed E-state index contributed by atoms with van der Waals surface area (Å²) in [7, 11) is 0. The van der Waals surface area contributed by atoms with Crippen molar-refractivity contribution >= 4 is 22.9 Å². The normalized spacial score (nSPS) is 11.4. The van der Waals surface area contributed by atoms with Crippen molar-refractivity contribution in [2.24, 2.45) is 5.10 Å². The highest BCUT2D eigenvalue weighted by Crippen LogP contribution is 2.28. The average molecular weight is 326 g/mol. The van der Waals surface area contributed by atoms with Gasteiger partial charge in [-0.15, -0.1) is 0 Å². The zero-order valence-electron chi connectivity index (χ0n) is 13.9. The summed E-state index contributed by atoms with van der Waals surface area (Å²) in [6.07, 6.45) is 3.58. The average Bonchev–Trinajstić information content (AvgIpc) is 2.97. The molecule has 0 aliphatic carbocycles. The number of anilines is 1. The van der Waals surface area contributed by atoms with E-state index in [0.29, 0.717) is 5.95 Å². The second-order valence-electron chi connectivity index (χ2n) is 5.98. The number of nitrogen functional groups attached to an aromatic ring is 1. The Labute approximate surface area is 146 Å². The van der Waals surface area contributed by atoms with Gasteiger partial charge in [-0.25, -0.2) is 9.66 Å². The van der Waals surface area contributed by atoms with Crippen molar-refractivity contribution in [2.45, 2.75) is 6.92 Å². The third-order valence-electron chi connectivity index (χ3n) is 4.18. The van der Waals surface area contributed by atoms with Crippen LogP contribution in [0.1, 0.15) is 11.3 Å². The van der Waals surface area contributed by atoms with Crippen LogP contribution in [0.4, 0.5) is 5.95 Å². The number of aromatic nitrogens is 2. The number of nitrogens with zero attached hydrogens (tertiary/aromatic N) is 3. The highest BCUT2D eigenvalue weighted by molar-refractivity contribution is 5.96. The van der Waals surface area contributed by atoms with Gasteiger partial charge in [0.15, 0.2) is 0 Å². The fourth-order valence-corrected chi connectivity index (χ4v) is 2.95. The Morgan fingerprint density at radius 2 is 1.72 bits per heavy atom. The van der Waals surface area contributed by atoms with Crippen molar-refractivity contribution in [3.63, 3.8) is 0 Å². The van der Waals surface area contributed by atoms with Gasteiger partial charge < -0.3 is 5.73 Å². The molecule has 0 aliphatic rings.